The summed E-state index contributed by atoms with van der Waals surface area (Å²) in [6, 6.07) is 12.6. The van der Waals surface area contributed by atoms with Crippen LogP contribution < -0.4 is 10.0 Å². The first kappa shape index (κ1) is 17.1. The summed E-state index contributed by atoms with van der Waals surface area (Å²) >= 11 is 5.98. The van der Waals surface area contributed by atoms with Gasteiger partial charge in [-0.1, -0.05) is 42.4 Å². The molecule has 120 valence electrons. The number of hydrogen-bond acceptors (Lipinski definition) is 3. The van der Waals surface area contributed by atoms with E-state index in [1.807, 2.05) is 0 Å². The molecule has 0 aliphatic rings. The molecule has 7 heteroatoms. The van der Waals surface area contributed by atoms with Crippen molar-refractivity contribution >= 4 is 38.9 Å². The predicted octanol–water partition coefficient (Wildman–Crippen LogP) is 3.66. The summed E-state index contributed by atoms with van der Waals surface area (Å²) in [6.07, 6.45) is 0. The van der Waals surface area contributed by atoms with Crippen LogP contribution in [0.15, 0.2) is 65.6 Å². The second-order valence-electron chi connectivity index (χ2n) is 4.82. The van der Waals surface area contributed by atoms with Gasteiger partial charge in [0.2, 0.25) is 0 Å². The molecule has 0 unspecified atom stereocenters. The van der Waals surface area contributed by atoms with Gasteiger partial charge in [0.05, 0.1) is 16.4 Å². The lowest BCUT2D eigenvalue weighted by molar-refractivity contribution is -0.112. The first-order valence-corrected chi connectivity index (χ1v) is 8.50. The Hall–Kier alpha value is -2.31. The van der Waals surface area contributed by atoms with Gasteiger partial charge in [-0.2, -0.15) is 0 Å². The Kier molecular flexibility index (Phi) is 5.08. The number of sulfonamides is 1. The van der Waals surface area contributed by atoms with E-state index in [1.165, 1.54) is 19.1 Å². The van der Waals surface area contributed by atoms with Crippen LogP contribution in [0.1, 0.15) is 6.92 Å². The number of carbonyl (C=O) groups is 1. The predicted molar refractivity (Wildman–Crippen MR) is 92.1 cm³/mol. The third-order valence-electron chi connectivity index (χ3n) is 2.93. The van der Waals surface area contributed by atoms with Crippen molar-refractivity contribution in [1.82, 2.24) is 0 Å². The lowest BCUT2D eigenvalue weighted by Crippen LogP contribution is -2.18. The molecule has 1 amide bonds. The number of nitrogens with one attached hydrogen (secondary N) is 2. The van der Waals surface area contributed by atoms with Gasteiger partial charge >= 0.3 is 0 Å². The average Bonchev–Trinajstić information content (AvgIpc) is 2.49. The molecule has 0 aliphatic heterocycles. The highest BCUT2D eigenvalue weighted by molar-refractivity contribution is 7.93. The number of benzene rings is 2. The van der Waals surface area contributed by atoms with Crippen LogP contribution >= 0.6 is 11.6 Å². The van der Waals surface area contributed by atoms with Crippen LogP contribution in [0.4, 0.5) is 11.4 Å². The van der Waals surface area contributed by atoms with Crippen molar-refractivity contribution in [3.05, 3.63) is 65.7 Å². The molecule has 0 saturated carbocycles. The molecule has 0 atom stereocenters. The monoisotopic (exact) mass is 350 g/mol. The van der Waals surface area contributed by atoms with E-state index in [4.69, 9.17) is 11.6 Å². The van der Waals surface area contributed by atoms with Gasteiger partial charge in [-0.25, -0.2) is 8.42 Å². The summed E-state index contributed by atoms with van der Waals surface area (Å²) < 4.78 is 27.6. The molecule has 0 heterocycles. The number of para-hydroxylation sites is 2. The van der Waals surface area contributed by atoms with Crippen LogP contribution in [0.5, 0.6) is 0 Å². The quantitative estimate of drug-likeness (QED) is 0.808. The van der Waals surface area contributed by atoms with Gasteiger partial charge < -0.3 is 5.32 Å². The molecule has 23 heavy (non-hydrogen) atoms. The molecule has 2 aromatic rings. The van der Waals surface area contributed by atoms with Crippen molar-refractivity contribution in [3.8, 4) is 0 Å². The largest absolute Gasteiger partial charge is 0.321 e. The SMILES string of the molecule is C=C(C)C(=O)Nc1ccccc1S(=O)(=O)Nc1ccccc1Cl. The van der Waals surface area contributed by atoms with E-state index in [1.54, 1.807) is 36.4 Å². The molecule has 0 aromatic heterocycles. The maximum absolute atomic E-state index is 12.6. The third-order valence-corrected chi connectivity index (χ3v) is 4.68. The highest BCUT2D eigenvalue weighted by Crippen LogP contribution is 2.27. The number of amides is 1. The van der Waals surface area contributed by atoms with Gasteiger partial charge in [0.25, 0.3) is 15.9 Å². The molecule has 0 saturated heterocycles. The summed E-state index contributed by atoms with van der Waals surface area (Å²) in [5.41, 5.74) is 0.700. The fourth-order valence-corrected chi connectivity index (χ4v) is 3.26. The first-order valence-electron chi connectivity index (χ1n) is 6.64. The van der Waals surface area contributed by atoms with E-state index < -0.39 is 15.9 Å². The van der Waals surface area contributed by atoms with Crippen molar-refractivity contribution < 1.29 is 13.2 Å². The van der Waals surface area contributed by atoms with E-state index in [2.05, 4.69) is 16.6 Å². The van der Waals surface area contributed by atoms with Crippen molar-refractivity contribution in [1.29, 1.82) is 0 Å². The average molecular weight is 351 g/mol. The molecule has 2 rings (SSSR count). The van der Waals surface area contributed by atoms with Gasteiger partial charge in [-0.3, -0.25) is 9.52 Å². The van der Waals surface area contributed by atoms with E-state index >= 15 is 0 Å². The summed E-state index contributed by atoms with van der Waals surface area (Å²) in [6.45, 7) is 5.06. The molecule has 0 bridgehead atoms. The summed E-state index contributed by atoms with van der Waals surface area (Å²) in [4.78, 5) is 11.7. The van der Waals surface area contributed by atoms with Crippen LogP contribution in [0.3, 0.4) is 0 Å². The molecule has 0 aliphatic carbocycles. The minimum atomic E-state index is -3.92. The van der Waals surface area contributed by atoms with Gasteiger partial charge in [0.15, 0.2) is 0 Å². The smallest absolute Gasteiger partial charge is 0.264 e. The highest BCUT2D eigenvalue weighted by Gasteiger charge is 2.20. The zero-order chi connectivity index (χ0) is 17.0. The van der Waals surface area contributed by atoms with Crippen LogP contribution in [0.25, 0.3) is 0 Å². The van der Waals surface area contributed by atoms with Crippen LogP contribution in [0, 0.1) is 0 Å². The molecule has 0 spiro atoms. The maximum Gasteiger partial charge on any atom is 0.264 e. The van der Waals surface area contributed by atoms with Crippen molar-refractivity contribution in [2.45, 2.75) is 11.8 Å². The zero-order valence-corrected chi connectivity index (χ0v) is 13.9. The zero-order valence-electron chi connectivity index (χ0n) is 12.3. The molecular weight excluding hydrogens is 336 g/mol. The van der Waals surface area contributed by atoms with Gasteiger partial charge in [0, 0.05) is 5.57 Å². The molecule has 2 aromatic carbocycles. The number of rotatable bonds is 5. The van der Waals surface area contributed by atoms with Gasteiger partial charge in [-0.05, 0) is 31.2 Å². The molecular formula is C16H15ClN2O3S. The fourth-order valence-electron chi connectivity index (χ4n) is 1.78. The second kappa shape index (κ2) is 6.85. The summed E-state index contributed by atoms with van der Waals surface area (Å²) in [5, 5.41) is 2.80. The standard InChI is InChI=1S/C16H15ClN2O3S/c1-11(2)16(20)18-14-9-5-6-10-15(14)23(21,22)19-13-8-4-3-7-12(13)17/h3-10,19H,1H2,2H3,(H,18,20). The van der Waals surface area contributed by atoms with Gasteiger partial charge in [0.1, 0.15) is 4.90 Å². The maximum atomic E-state index is 12.6. The summed E-state index contributed by atoms with van der Waals surface area (Å²) in [5.74, 6) is -0.453. The summed E-state index contributed by atoms with van der Waals surface area (Å²) in [7, 11) is -3.92. The van der Waals surface area contributed by atoms with E-state index in [9.17, 15) is 13.2 Å². The van der Waals surface area contributed by atoms with E-state index in [0.717, 1.165) is 0 Å². The number of halogens is 1. The Balaban J connectivity index is 2.39. The fraction of sp³-hybridized carbons (Fsp3) is 0.0625. The Labute approximate surface area is 140 Å². The first-order chi connectivity index (χ1) is 10.8. The topological polar surface area (TPSA) is 75.3 Å². The number of anilines is 2. The molecule has 0 fully saturated rings. The third kappa shape index (κ3) is 4.12. The number of hydrogen-bond donors (Lipinski definition) is 2. The molecule has 5 nitrogen and oxygen atoms in total. The van der Waals surface area contributed by atoms with Crippen molar-refractivity contribution in [2.75, 3.05) is 10.0 Å². The lowest BCUT2D eigenvalue weighted by atomic mass is 10.3. The van der Waals surface area contributed by atoms with Crippen LogP contribution in [-0.4, -0.2) is 14.3 Å². The van der Waals surface area contributed by atoms with E-state index in [0.29, 0.717) is 0 Å². The Morgan fingerprint density at radius 3 is 2.22 bits per heavy atom. The Bertz CT molecular complexity index is 863. The van der Waals surface area contributed by atoms with Gasteiger partial charge in [-0.15, -0.1) is 0 Å². The molecule has 2 N–H and O–H groups in total. The normalized spacial score (nSPS) is 10.9. The van der Waals surface area contributed by atoms with Crippen LogP contribution in [-0.2, 0) is 14.8 Å². The van der Waals surface area contributed by atoms with Crippen LogP contribution in [0.2, 0.25) is 5.02 Å². The lowest BCUT2D eigenvalue weighted by Gasteiger charge is -2.13. The minimum Gasteiger partial charge on any atom is -0.321 e. The second-order valence-corrected chi connectivity index (χ2v) is 6.87. The van der Waals surface area contributed by atoms with E-state index in [-0.39, 0.29) is 26.9 Å². The molecule has 0 radical (unpaired) electrons. The highest BCUT2D eigenvalue weighted by atomic mass is 35.5. The van der Waals surface area contributed by atoms with Crippen molar-refractivity contribution in [2.24, 2.45) is 0 Å². The Morgan fingerprint density at radius 1 is 1.04 bits per heavy atom. The van der Waals surface area contributed by atoms with Crippen molar-refractivity contribution in [3.63, 3.8) is 0 Å². The minimum absolute atomic E-state index is 0.0606. The number of carbonyl (C=O) groups excluding carboxylic acids is 1. The Morgan fingerprint density at radius 2 is 1.61 bits per heavy atom.